The van der Waals surface area contributed by atoms with Crippen LogP contribution in [0, 0.1) is 0 Å². The Balaban J connectivity index is 2.42. The minimum atomic E-state index is -3.11. The molecule has 6 heteroatoms. The molecule has 1 aliphatic rings. The summed E-state index contributed by atoms with van der Waals surface area (Å²) in [6.07, 6.45) is 0.848. The molecule has 74 valence electrons. The standard InChI is InChI=1S/C7H11NO4S/c1-2-12-7(9)8-6-3-4-13(10,11)5-6/h3-4,6H,2,5H2,1H3,(H,8,9). The Labute approximate surface area is 76.7 Å². The largest absolute Gasteiger partial charge is 0.450 e. The van der Waals surface area contributed by atoms with Crippen molar-refractivity contribution in [3.05, 3.63) is 11.5 Å². The summed E-state index contributed by atoms with van der Waals surface area (Å²) in [5.74, 6) is -0.0776. The van der Waals surface area contributed by atoms with Crippen molar-refractivity contribution in [1.29, 1.82) is 0 Å². The summed E-state index contributed by atoms with van der Waals surface area (Å²) in [6, 6.07) is -0.455. The first kappa shape index (κ1) is 10.0. The van der Waals surface area contributed by atoms with Crippen LogP contribution >= 0.6 is 0 Å². The Hall–Kier alpha value is -1.04. The van der Waals surface area contributed by atoms with E-state index in [-0.39, 0.29) is 12.4 Å². The first-order valence-corrected chi connectivity index (χ1v) is 5.59. The molecule has 0 radical (unpaired) electrons. The molecule has 1 unspecified atom stereocenters. The zero-order valence-electron chi connectivity index (χ0n) is 7.19. The highest BCUT2D eigenvalue weighted by atomic mass is 32.2. The molecule has 0 aromatic rings. The van der Waals surface area contributed by atoms with Crippen molar-refractivity contribution in [3.63, 3.8) is 0 Å². The van der Waals surface area contributed by atoms with E-state index < -0.39 is 22.0 Å². The van der Waals surface area contributed by atoms with Gasteiger partial charge >= 0.3 is 6.09 Å². The fourth-order valence-corrected chi connectivity index (χ4v) is 2.23. The monoisotopic (exact) mass is 205 g/mol. The van der Waals surface area contributed by atoms with Gasteiger partial charge in [-0.25, -0.2) is 13.2 Å². The third-order valence-corrected chi connectivity index (χ3v) is 2.90. The van der Waals surface area contributed by atoms with Crippen LogP contribution in [0.2, 0.25) is 0 Å². The Morgan fingerprint density at radius 3 is 2.85 bits per heavy atom. The average molecular weight is 205 g/mol. The second-order valence-corrected chi connectivity index (χ2v) is 4.56. The van der Waals surface area contributed by atoms with E-state index in [9.17, 15) is 13.2 Å². The van der Waals surface area contributed by atoms with Gasteiger partial charge in [0.1, 0.15) is 0 Å². The van der Waals surface area contributed by atoms with E-state index in [0.717, 1.165) is 5.41 Å². The molecular weight excluding hydrogens is 194 g/mol. The van der Waals surface area contributed by atoms with Gasteiger partial charge in [0.2, 0.25) is 0 Å². The van der Waals surface area contributed by atoms with Crippen LogP contribution in [0.15, 0.2) is 11.5 Å². The molecule has 1 amide bonds. The number of hydrogen-bond donors (Lipinski definition) is 1. The summed E-state index contributed by atoms with van der Waals surface area (Å²) in [6.45, 7) is 1.95. The molecule has 0 saturated heterocycles. The summed E-state index contributed by atoms with van der Waals surface area (Å²) in [5.41, 5.74) is 0. The summed E-state index contributed by atoms with van der Waals surface area (Å²) in [7, 11) is -3.11. The van der Waals surface area contributed by atoms with Crippen LogP contribution in [0.1, 0.15) is 6.92 Å². The van der Waals surface area contributed by atoms with Crippen LogP contribution in [0.3, 0.4) is 0 Å². The predicted octanol–water partition coefficient (Wildman–Crippen LogP) is 0.0432. The number of nitrogens with one attached hydrogen (secondary N) is 1. The van der Waals surface area contributed by atoms with Crippen LogP contribution in [0.4, 0.5) is 4.79 Å². The Kier molecular flexibility index (Phi) is 2.92. The van der Waals surface area contributed by atoms with Crippen molar-refractivity contribution in [1.82, 2.24) is 5.32 Å². The van der Waals surface area contributed by atoms with Crippen molar-refractivity contribution < 1.29 is 17.9 Å². The number of carbonyl (C=O) groups excluding carboxylic acids is 1. The van der Waals surface area contributed by atoms with E-state index in [1.807, 2.05) is 0 Å². The van der Waals surface area contributed by atoms with Gasteiger partial charge < -0.3 is 10.1 Å². The highest BCUT2D eigenvalue weighted by molar-refractivity contribution is 7.94. The summed E-state index contributed by atoms with van der Waals surface area (Å²) >= 11 is 0. The molecule has 1 heterocycles. The fraction of sp³-hybridized carbons (Fsp3) is 0.571. The molecule has 1 aliphatic heterocycles. The molecule has 5 nitrogen and oxygen atoms in total. The van der Waals surface area contributed by atoms with Crippen molar-refractivity contribution in [2.75, 3.05) is 12.4 Å². The summed E-state index contributed by atoms with van der Waals surface area (Å²) in [5, 5.41) is 3.51. The molecule has 0 saturated carbocycles. The third-order valence-electron chi connectivity index (χ3n) is 1.51. The minimum Gasteiger partial charge on any atom is -0.450 e. The maximum atomic E-state index is 10.9. The lowest BCUT2D eigenvalue weighted by molar-refractivity contribution is 0.151. The lowest BCUT2D eigenvalue weighted by Gasteiger charge is -2.08. The van der Waals surface area contributed by atoms with Crippen LogP contribution in [-0.2, 0) is 14.6 Å². The molecule has 0 fully saturated rings. The zero-order valence-corrected chi connectivity index (χ0v) is 8.00. The number of sulfone groups is 1. The normalized spacial score (nSPS) is 24.2. The van der Waals surface area contributed by atoms with Crippen molar-refractivity contribution in [2.24, 2.45) is 0 Å². The molecule has 0 aromatic heterocycles. The SMILES string of the molecule is CCOC(=O)NC1C=CS(=O)(=O)C1. The number of rotatable bonds is 2. The second-order valence-electron chi connectivity index (χ2n) is 2.63. The molecule has 0 bridgehead atoms. The number of hydrogen-bond acceptors (Lipinski definition) is 4. The van der Waals surface area contributed by atoms with Gasteiger partial charge in [0.25, 0.3) is 0 Å². The predicted molar refractivity (Wildman–Crippen MR) is 46.9 cm³/mol. The Morgan fingerprint density at radius 2 is 2.38 bits per heavy atom. The van der Waals surface area contributed by atoms with Crippen LogP contribution in [0.25, 0.3) is 0 Å². The first-order valence-electron chi connectivity index (χ1n) is 3.88. The maximum absolute atomic E-state index is 10.9. The highest BCUT2D eigenvalue weighted by Gasteiger charge is 2.23. The van der Waals surface area contributed by atoms with Gasteiger partial charge in [-0.05, 0) is 13.0 Å². The molecule has 0 aliphatic carbocycles. The smallest absolute Gasteiger partial charge is 0.407 e. The van der Waals surface area contributed by atoms with Gasteiger partial charge in [-0.2, -0.15) is 0 Å². The first-order chi connectivity index (χ1) is 6.03. The zero-order chi connectivity index (χ0) is 9.90. The number of ether oxygens (including phenoxy) is 1. The Morgan fingerprint density at radius 1 is 1.69 bits per heavy atom. The molecule has 13 heavy (non-hydrogen) atoms. The fourth-order valence-electron chi connectivity index (χ4n) is 0.990. The van der Waals surface area contributed by atoms with Crippen molar-refractivity contribution in [3.8, 4) is 0 Å². The van der Waals surface area contributed by atoms with E-state index in [1.165, 1.54) is 6.08 Å². The van der Waals surface area contributed by atoms with Crippen LogP contribution < -0.4 is 5.32 Å². The number of carbonyl (C=O) groups is 1. The molecule has 1 rings (SSSR count). The maximum Gasteiger partial charge on any atom is 0.407 e. The van der Waals surface area contributed by atoms with Gasteiger partial charge in [-0.3, -0.25) is 0 Å². The number of alkyl carbamates (subject to hydrolysis) is 1. The van der Waals surface area contributed by atoms with E-state index in [4.69, 9.17) is 0 Å². The van der Waals surface area contributed by atoms with Gasteiger partial charge in [0.05, 0.1) is 18.4 Å². The van der Waals surface area contributed by atoms with Crippen LogP contribution in [-0.4, -0.2) is 32.9 Å². The Bertz CT molecular complexity index is 319. The summed E-state index contributed by atoms with van der Waals surface area (Å²) < 4.78 is 26.4. The van der Waals surface area contributed by atoms with E-state index >= 15 is 0 Å². The van der Waals surface area contributed by atoms with Crippen LogP contribution in [0.5, 0.6) is 0 Å². The van der Waals surface area contributed by atoms with Gasteiger partial charge in [-0.1, -0.05) is 0 Å². The molecule has 0 spiro atoms. The molecule has 1 N–H and O–H groups in total. The number of amides is 1. The van der Waals surface area contributed by atoms with E-state index in [0.29, 0.717) is 0 Å². The third kappa shape index (κ3) is 3.06. The van der Waals surface area contributed by atoms with Gasteiger partial charge in [0.15, 0.2) is 9.84 Å². The van der Waals surface area contributed by atoms with Gasteiger partial charge in [-0.15, -0.1) is 0 Å². The second kappa shape index (κ2) is 3.78. The van der Waals surface area contributed by atoms with Crippen molar-refractivity contribution >= 4 is 15.9 Å². The lowest BCUT2D eigenvalue weighted by Crippen LogP contribution is -2.35. The summed E-state index contributed by atoms with van der Waals surface area (Å²) in [4.78, 5) is 10.8. The molecule has 0 aromatic carbocycles. The molecule has 1 atom stereocenters. The van der Waals surface area contributed by atoms with Crippen molar-refractivity contribution in [2.45, 2.75) is 13.0 Å². The van der Waals surface area contributed by atoms with E-state index in [1.54, 1.807) is 6.92 Å². The topological polar surface area (TPSA) is 72.5 Å². The highest BCUT2D eigenvalue weighted by Crippen LogP contribution is 2.07. The minimum absolute atomic E-state index is 0.0776. The quantitative estimate of drug-likeness (QED) is 0.691. The van der Waals surface area contributed by atoms with E-state index in [2.05, 4.69) is 10.1 Å². The average Bonchev–Trinajstić information content (AvgIpc) is 2.30. The van der Waals surface area contributed by atoms with Gasteiger partial charge in [0, 0.05) is 5.41 Å². The molecular formula is C7H11NO4S. The lowest BCUT2D eigenvalue weighted by atomic mass is 10.3.